The Bertz CT molecular complexity index is 1230. The second-order valence-electron chi connectivity index (χ2n) is 13.0. The number of hydrogen-bond donors (Lipinski definition) is 5. The lowest BCUT2D eigenvalue weighted by Gasteiger charge is -2.53. The number of fused-ring (bicyclic) bond motifs is 4. The van der Waals surface area contributed by atoms with Gasteiger partial charge in [0.1, 0.15) is 29.7 Å². The van der Waals surface area contributed by atoms with Gasteiger partial charge in [-0.1, -0.05) is 43.2 Å². The maximum Gasteiger partial charge on any atom is 0.262 e. The van der Waals surface area contributed by atoms with Crippen molar-refractivity contribution < 1.29 is 34.1 Å². The van der Waals surface area contributed by atoms with Gasteiger partial charge in [-0.3, -0.25) is 4.79 Å². The molecule has 4 fully saturated rings. The third-order valence-electron chi connectivity index (χ3n) is 10.3. The summed E-state index contributed by atoms with van der Waals surface area (Å²) in [5, 5.41) is 38.9. The van der Waals surface area contributed by atoms with Crippen LogP contribution in [-0.4, -0.2) is 84.3 Å². The number of ether oxygens (including phenoxy) is 2. The molecule has 0 spiro atoms. The van der Waals surface area contributed by atoms with E-state index >= 15 is 0 Å². The lowest BCUT2D eigenvalue weighted by Crippen LogP contribution is -2.65. The van der Waals surface area contributed by atoms with Crippen molar-refractivity contribution in [3.05, 3.63) is 53.6 Å². The van der Waals surface area contributed by atoms with E-state index in [9.17, 15) is 20.1 Å². The minimum Gasteiger partial charge on any atom is -0.508 e. The van der Waals surface area contributed by atoms with Crippen molar-refractivity contribution >= 4 is 11.6 Å². The van der Waals surface area contributed by atoms with Crippen molar-refractivity contribution in [2.45, 2.75) is 62.8 Å². The van der Waals surface area contributed by atoms with Crippen LogP contribution in [0.2, 0.25) is 0 Å². The molecule has 9 nitrogen and oxygen atoms in total. The van der Waals surface area contributed by atoms with Gasteiger partial charge in [0, 0.05) is 49.9 Å². The van der Waals surface area contributed by atoms with Crippen LogP contribution >= 0.6 is 0 Å². The number of carbonyl (C=O) groups is 1. The monoisotopic (exact) mass is 580 g/mol. The van der Waals surface area contributed by atoms with E-state index in [1.807, 2.05) is 18.2 Å². The smallest absolute Gasteiger partial charge is 0.262 e. The Hall–Kier alpha value is -2.69. The SMILES string of the molecule is O=C1COc2c(cc(O)cc2[C@@H](O)CNCCC[N+]23CCC(CC2)[C@@H](OC[C@@](O)(c2ccccc2)C2CCCC2)C3)N1. The van der Waals surface area contributed by atoms with Crippen LogP contribution in [0.4, 0.5) is 5.69 Å². The number of hydrogen-bond acceptors (Lipinski definition) is 7. The number of benzene rings is 2. The Balaban J connectivity index is 1.00. The molecule has 3 saturated heterocycles. The summed E-state index contributed by atoms with van der Waals surface area (Å²) in [6.45, 7) is 5.75. The van der Waals surface area contributed by atoms with Gasteiger partial charge >= 0.3 is 0 Å². The van der Waals surface area contributed by atoms with Crippen LogP contribution in [0.5, 0.6) is 11.5 Å². The lowest BCUT2D eigenvalue weighted by molar-refractivity contribution is -0.946. The van der Waals surface area contributed by atoms with Gasteiger partial charge in [-0.15, -0.1) is 0 Å². The summed E-state index contributed by atoms with van der Waals surface area (Å²) >= 11 is 0. The molecule has 2 aromatic carbocycles. The number of anilines is 1. The number of carbonyl (C=O) groups excluding carboxylic acids is 1. The molecular weight excluding hydrogens is 534 g/mol. The zero-order chi connectivity index (χ0) is 29.2. The maximum absolute atomic E-state index is 12.0. The molecule has 9 heteroatoms. The third kappa shape index (κ3) is 6.17. The lowest BCUT2D eigenvalue weighted by atomic mass is 9.80. The van der Waals surface area contributed by atoms with E-state index in [1.165, 1.54) is 50.9 Å². The van der Waals surface area contributed by atoms with Crippen LogP contribution in [0.15, 0.2) is 42.5 Å². The van der Waals surface area contributed by atoms with Gasteiger partial charge in [0.25, 0.3) is 5.91 Å². The molecule has 0 unspecified atom stereocenters. The Kier molecular flexibility index (Phi) is 8.75. The van der Waals surface area contributed by atoms with E-state index in [0.717, 1.165) is 48.9 Å². The summed E-state index contributed by atoms with van der Waals surface area (Å²) in [5.74, 6) is 0.923. The molecule has 1 amide bonds. The fourth-order valence-electron chi connectivity index (χ4n) is 7.87. The Morgan fingerprint density at radius 1 is 1.12 bits per heavy atom. The quantitative estimate of drug-likeness (QED) is 0.193. The van der Waals surface area contributed by atoms with E-state index in [2.05, 4.69) is 22.8 Å². The summed E-state index contributed by atoms with van der Waals surface area (Å²) in [6, 6.07) is 13.1. The number of aromatic hydroxyl groups is 1. The first-order valence-electron chi connectivity index (χ1n) is 15.8. The number of amides is 1. The first-order chi connectivity index (χ1) is 20.4. The van der Waals surface area contributed by atoms with Gasteiger partial charge in [0.2, 0.25) is 0 Å². The van der Waals surface area contributed by atoms with Crippen molar-refractivity contribution in [3.63, 3.8) is 0 Å². The second kappa shape index (κ2) is 12.5. The molecule has 7 rings (SSSR count). The summed E-state index contributed by atoms with van der Waals surface area (Å²) in [6.07, 6.45) is 7.09. The Morgan fingerprint density at radius 2 is 1.88 bits per heavy atom. The summed E-state index contributed by atoms with van der Waals surface area (Å²) in [5.41, 5.74) is 0.903. The molecule has 5 N–H and O–H groups in total. The highest BCUT2D eigenvalue weighted by molar-refractivity contribution is 5.96. The van der Waals surface area contributed by atoms with Gasteiger partial charge in [-0.05, 0) is 30.4 Å². The molecule has 42 heavy (non-hydrogen) atoms. The van der Waals surface area contributed by atoms with E-state index in [0.29, 0.717) is 36.1 Å². The van der Waals surface area contributed by atoms with E-state index < -0.39 is 11.7 Å². The van der Waals surface area contributed by atoms with Crippen molar-refractivity contribution in [1.82, 2.24) is 5.32 Å². The average Bonchev–Trinajstić information content (AvgIpc) is 3.56. The molecule has 1 saturated carbocycles. The summed E-state index contributed by atoms with van der Waals surface area (Å²) in [4.78, 5) is 11.6. The van der Waals surface area contributed by atoms with Gasteiger partial charge in [-0.25, -0.2) is 0 Å². The molecule has 3 atom stereocenters. The molecule has 0 aromatic heterocycles. The number of quaternary nitrogens is 1. The number of nitrogens with zero attached hydrogens (tertiary/aromatic N) is 1. The van der Waals surface area contributed by atoms with Crippen LogP contribution in [-0.2, 0) is 15.1 Å². The van der Waals surface area contributed by atoms with Crippen LogP contribution in [0, 0.1) is 11.8 Å². The largest absolute Gasteiger partial charge is 0.508 e. The second-order valence-corrected chi connectivity index (χ2v) is 13.0. The summed E-state index contributed by atoms with van der Waals surface area (Å²) < 4.78 is 13.3. The fraction of sp³-hybridized carbons (Fsp3) is 0.606. The minimum absolute atomic E-state index is 0.0277. The molecule has 4 heterocycles. The van der Waals surface area contributed by atoms with Crippen molar-refractivity contribution in [3.8, 4) is 11.5 Å². The average molecular weight is 581 g/mol. The fourth-order valence-corrected chi connectivity index (χ4v) is 7.87. The molecule has 4 aliphatic heterocycles. The number of nitrogens with one attached hydrogen (secondary N) is 2. The Labute approximate surface area is 248 Å². The number of aliphatic hydroxyl groups excluding tert-OH is 1. The first-order valence-corrected chi connectivity index (χ1v) is 15.8. The van der Waals surface area contributed by atoms with Crippen LogP contribution in [0.25, 0.3) is 0 Å². The number of rotatable bonds is 12. The van der Waals surface area contributed by atoms with E-state index in [1.54, 1.807) is 0 Å². The molecule has 2 aromatic rings. The highest BCUT2D eigenvalue weighted by Crippen LogP contribution is 2.43. The predicted octanol–water partition coefficient (Wildman–Crippen LogP) is 3.44. The number of phenolic OH excluding ortho intramolecular Hbond substituents is 1. The van der Waals surface area contributed by atoms with E-state index in [-0.39, 0.29) is 30.3 Å². The van der Waals surface area contributed by atoms with Gasteiger partial charge < -0.3 is 39.9 Å². The zero-order valence-corrected chi connectivity index (χ0v) is 24.5. The minimum atomic E-state index is -0.926. The summed E-state index contributed by atoms with van der Waals surface area (Å²) in [7, 11) is 0. The number of phenols is 1. The number of aliphatic hydroxyl groups is 2. The topological polar surface area (TPSA) is 120 Å². The number of piperidine rings is 3. The van der Waals surface area contributed by atoms with Crippen LogP contribution in [0.1, 0.15) is 62.2 Å². The third-order valence-corrected chi connectivity index (χ3v) is 10.3. The predicted molar refractivity (Wildman–Crippen MR) is 159 cm³/mol. The Morgan fingerprint density at radius 3 is 2.64 bits per heavy atom. The molecule has 5 aliphatic rings. The van der Waals surface area contributed by atoms with Crippen LogP contribution < -0.4 is 15.4 Å². The van der Waals surface area contributed by atoms with Crippen molar-refractivity contribution in [2.75, 3.05) is 57.8 Å². The van der Waals surface area contributed by atoms with Crippen molar-refractivity contribution in [1.29, 1.82) is 0 Å². The highest BCUT2D eigenvalue weighted by atomic mass is 16.5. The standard InChI is InChI=1S/C33H45N3O6/c37-26-17-27(32-28(18-26)35-31(39)21-41-32)29(38)19-34-13-6-14-36-15-11-23(12-16-36)30(20-36)42-22-33(40,25-9-4-5-10-25)24-7-2-1-3-8-24/h1-3,7-8,17-18,23,25,29-30,34,38,40H,4-6,9-16,19-22H2,(H-,35,37,39)/p+1/t23?,29-,30-,33+,36?/m0/s1. The molecular formula is C33H46N3O6+. The zero-order valence-electron chi connectivity index (χ0n) is 24.5. The first kappa shape index (κ1) is 29.4. The van der Waals surface area contributed by atoms with Gasteiger partial charge in [-0.2, -0.15) is 0 Å². The molecule has 0 radical (unpaired) electrons. The van der Waals surface area contributed by atoms with Crippen molar-refractivity contribution in [2.24, 2.45) is 11.8 Å². The normalized spacial score (nSPS) is 27.6. The van der Waals surface area contributed by atoms with E-state index in [4.69, 9.17) is 9.47 Å². The highest BCUT2D eigenvalue weighted by Gasteiger charge is 2.48. The van der Waals surface area contributed by atoms with Gasteiger partial charge in [0.05, 0.1) is 38.0 Å². The van der Waals surface area contributed by atoms with Gasteiger partial charge in [0.15, 0.2) is 6.61 Å². The van der Waals surface area contributed by atoms with Crippen LogP contribution in [0.3, 0.4) is 0 Å². The molecule has 1 aliphatic carbocycles. The molecule has 2 bridgehead atoms. The maximum atomic E-state index is 12.0. The molecule has 228 valence electrons.